The number of carbonyl (C=O) groups is 1. The SMILES string of the molecule is C=C1C(=C)C(C)(C#N)[C@@]2(C)CC[C@@H]3[C@@H](CC(=CO)C4=CC(=O)CC[C@@]43C)[C@H]12. The highest BCUT2D eigenvalue weighted by Crippen LogP contribution is 2.72. The van der Waals surface area contributed by atoms with Gasteiger partial charge < -0.3 is 5.11 Å². The van der Waals surface area contributed by atoms with E-state index in [9.17, 15) is 15.2 Å². The van der Waals surface area contributed by atoms with Gasteiger partial charge in [-0.1, -0.05) is 27.0 Å². The summed E-state index contributed by atoms with van der Waals surface area (Å²) in [6, 6.07) is 2.57. The molecule has 3 heteroatoms. The van der Waals surface area contributed by atoms with Crippen molar-refractivity contribution in [3.8, 4) is 6.07 Å². The van der Waals surface area contributed by atoms with Crippen LogP contribution in [-0.2, 0) is 4.79 Å². The lowest BCUT2D eigenvalue weighted by atomic mass is 9.44. The van der Waals surface area contributed by atoms with Crippen LogP contribution in [0, 0.1) is 45.3 Å². The molecule has 0 saturated heterocycles. The molecule has 0 aliphatic heterocycles. The first-order valence-electron chi connectivity index (χ1n) is 10.0. The van der Waals surface area contributed by atoms with Crippen LogP contribution in [0.3, 0.4) is 0 Å². The Morgan fingerprint density at radius 2 is 2.00 bits per heavy atom. The van der Waals surface area contributed by atoms with Crippen molar-refractivity contribution in [1.82, 2.24) is 0 Å². The van der Waals surface area contributed by atoms with Gasteiger partial charge in [-0.25, -0.2) is 0 Å². The Balaban J connectivity index is 1.86. The fourth-order valence-corrected chi connectivity index (χ4v) is 7.08. The van der Waals surface area contributed by atoms with Gasteiger partial charge in [0.2, 0.25) is 0 Å². The summed E-state index contributed by atoms with van der Waals surface area (Å²) < 4.78 is 0. The van der Waals surface area contributed by atoms with Gasteiger partial charge in [-0.3, -0.25) is 4.79 Å². The molecule has 0 aromatic carbocycles. The molecule has 1 N–H and O–H groups in total. The number of aliphatic hydroxyl groups is 1. The van der Waals surface area contributed by atoms with Crippen LogP contribution < -0.4 is 0 Å². The minimum absolute atomic E-state index is 0.0973. The first kappa shape index (κ1) is 18.3. The average Bonchev–Trinajstić information content (AvgIpc) is 2.80. The Hall–Kier alpha value is -2.08. The minimum Gasteiger partial charge on any atom is -0.515 e. The summed E-state index contributed by atoms with van der Waals surface area (Å²) in [6.45, 7) is 15.2. The molecule has 0 spiro atoms. The number of rotatable bonds is 0. The fraction of sp³-hybridized carbons (Fsp3) is 0.583. The van der Waals surface area contributed by atoms with Crippen LogP contribution in [0.1, 0.15) is 52.9 Å². The van der Waals surface area contributed by atoms with Crippen LogP contribution in [0.4, 0.5) is 0 Å². The van der Waals surface area contributed by atoms with Gasteiger partial charge >= 0.3 is 0 Å². The summed E-state index contributed by atoms with van der Waals surface area (Å²) in [6.07, 6.45) is 7.14. The maximum atomic E-state index is 12.1. The molecular weight excluding hydrogens is 334 g/mol. The normalized spacial score (nSPS) is 47.8. The minimum atomic E-state index is -0.595. The van der Waals surface area contributed by atoms with Crippen molar-refractivity contribution in [2.24, 2.45) is 34.0 Å². The summed E-state index contributed by atoms with van der Waals surface area (Å²) >= 11 is 0. The van der Waals surface area contributed by atoms with Crippen LogP contribution in [0.5, 0.6) is 0 Å². The number of hydrogen-bond acceptors (Lipinski definition) is 3. The fourth-order valence-electron chi connectivity index (χ4n) is 7.08. The lowest BCUT2D eigenvalue weighted by molar-refractivity contribution is -0.117. The van der Waals surface area contributed by atoms with E-state index in [1.54, 1.807) is 6.08 Å². The van der Waals surface area contributed by atoms with E-state index in [1.807, 2.05) is 6.92 Å². The first-order chi connectivity index (χ1) is 12.6. The van der Waals surface area contributed by atoms with Gasteiger partial charge in [0, 0.05) is 6.42 Å². The van der Waals surface area contributed by atoms with Crippen molar-refractivity contribution in [1.29, 1.82) is 5.26 Å². The van der Waals surface area contributed by atoms with Gasteiger partial charge in [0.05, 0.1) is 17.7 Å². The third-order valence-electron chi connectivity index (χ3n) is 8.93. The Morgan fingerprint density at radius 1 is 1.30 bits per heavy atom. The predicted octanol–water partition coefficient (Wildman–Crippen LogP) is 5.43. The largest absolute Gasteiger partial charge is 0.515 e. The molecule has 4 rings (SSSR count). The molecule has 6 atom stereocenters. The summed E-state index contributed by atoms with van der Waals surface area (Å²) in [4.78, 5) is 12.1. The highest BCUT2D eigenvalue weighted by atomic mass is 16.2. The van der Waals surface area contributed by atoms with Crippen LogP contribution in [-0.4, -0.2) is 10.9 Å². The molecule has 0 aromatic rings. The zero-order chi connectivity index (χ0) is 19.8. The quantitative estimate of drug-likeness (QED) is 0.584. The van der Waals surface area contributed by atoms with E-state index in [-0.39, 0.29) is 22.5 Å². The lowest BCUT2D eigenvalue weighted by Gasteiger charge is -2.58. The monoisotopic (exact) mass is 363 g/mol. The zero-order valence-corrected chi connectivity index (χ0v) is 16.6. The van der Waals surface area contributed by atoms with E-state index in [0.29, 0.717) is 18.3 Å². The van der Waals surface area contributed by atoms with E-state index in [2.05, 4.69) is 33.1 Å². The zero-order valence-electron chi connectivity index (χ0n) is 16.6. The summed E-state index contributed by atoms with van der Waals surface area (Å²) in [5.41, 5.74) is 2.97. The number of nitrogens with zero attached hydrogens (tertiary/aromatic N) is 1. The second-order valence-electron chi connectivity index (χ2n) is 9.75. The topological polar surface area (TPSA) is 61.1 Å². The highest BCUT2D eigenvalue weighted by molar-refractivity contribution is 5.92. The van der Waals surface area contributed by atoms with E-state index in [0.717, 1.165) is 48.0 Å². The molecule has 3 saturated carbocycles. The molecule has 4 aliphatic carbocycles. The molecule has 0 radical (unpaired) electrons. The molecule has 0 aromatic heterocycles. The maximum absolute atomic E-state index is 12.1. The maximum Gasteiger partial charge on any atom is 0.156 e. The number of nitriles is 1. The molecule has 0 heterocycles. The van der Waals surface area contributed by atoms with Gasteiger partial charge in [-0.15, -0.1) is 0 Å². The third-order valence-corrected chi connectivity index (χ3v) is 8.93. The van der Waals surface area contributed by atoms with Crippen LogP contribution in [0.2, 0.25) is 0 Å². The van der Waals surface area contributed by atoms with Gasteiger partial charge in [-0.2, -0.15) is 5.26 Å². The van der Waals surface area contributed by atoms with Crippen LogP contribution in [0.15, 0.2) is 47.8 Å². The summed E-state index contributed by atoms with van der Waals surface area (Å²) in [5.74, 6) is 1.11. The Morgan fingerprint density at radius 3 is 2.63 bits per heavy atom. The van der Waals surface area contributed by atoms with Crippen molar-refractivity contribution in [3.63, 3.8) is 0 Å². The lowest BCUT2D eigenvalue weighted by Crippen LogP contribution is -2.52. The molecule has 3 nitrogen and oxygen atoms in total. The molecule has 1 unspecified atom stereocenters. The molecular formula is C24H29NO2. The Labute approximate surface area is 162 Å². The second-order valence-corrected chi connectivity index (χ2v) is 9.75. The van der Waals surface area contributed by atoms with E-state index >= 15 is 0 Å². The molecule has 142 valence electrons. The number of allylic oxidation sites excluding steroid dienone is 4. The standard InChI is InChI=1S/C24H29NO2/c1-14-15(2)24(5,13-25)23(4)9-7-19-18(21(14)23)10-16(12-26)20-11-17(27)6-8-22(19,20)3/h11-12,18-19,21,26H,1-2,6-10H2,3-5H3/t18-,19-,21+,22-,23+,24?/m1/s1. The molecule has 0 amide bonds. The number of ketones is 1. The average molecular weight is 364 g/mol. The molecule has 27 heavy (non-hydrogen) atoms. The number of hydrogen-bond donors (Lipinski definition) is 1. The summed E-state index contributed by atoms with van der Waals surface area (Å²) in [5, 5.41) is 20.0. The predicted molar refractivity (Wildman–Crippen MR) is 106 cm³/mol. The molecule has 4 aliphatic rings. The van der Waals surface area contributed by atoms with Crippen molar-refractivity contribution in [3.05, 3.63) is 47.8 Å². The van der Waals surface area contributed by atoms with Crippen molar-refractivity contribution >= 4 is 5.78 Å². The van der Waals surface area contributed by atoms with Crippen LogP contribution >= 0.6 is 0 Å². The van der Waals surface area contributed by atoms with Gasteiger partial charge in [0.25, 0.3) is 0 Å². The van der Waals surface area contributed by atoms with Gasteiger partial charge in [-0.05, 0) is 89.6 Å². The highest BCUT2D eigenvalue weighted by Gasteiger charge is 2.66. The second kappa shape index (κ2) is 5.47. The Kier molecular flexibility index (Phi) is 3.71. The summed E-state index contributed by atoms with van der Waals surface area (Å²) in [7, 11) is 0. The van der Waals surface area contributed by atoms with E-state index in [4.69, 9.17) is 0 Å². The smallest absolute Gasteiger partial charge is 0.156 e. The van der Waals surface area contributed by atoms with Crippen molar-refractivity contribution < 1.29 is 9.90 Å². The third kappa shape index (κ3) is 1.99. The van der Waals surface area contributed by atoms with Crippen LogP contribution in [0.25, 0.3) is 0 Å². The molecule has 3 fully saturated rings. The van der Waals surface area contributed by atoms with Crippen molar-refractivity contribution in [2.75, 3.05) is 0 Å². The van der Waals surface area contributed by atoms with Gasteiger partial charge in [0.15, 0.2) is 5.78 Å². The van der Waals surface area contributed by atoms with E-state index in [1.165, 1.54) is 6.26 Å². The number of fused-ring (bicyclic) bond motifs is 5. The first-order valence-corrected chi connectivity index (χ1v) is 10.0. The van der Waals surface area contributed by atoms with Gasteiger partial charge in [0.1, 0.15) is 0 Å². The number of carbonyl (C=O) groups excluding carboxylic acids is 1. The molecule has 0 bridgehead atoms. The van der Waals surface area contributed by atoms with Crippen molar-refractivity contribution in [2.45, 2.75) is 52.9 Å². The number of aliphatic hydroxyl groups excluding tert-OH is 1. The Bertz CT molecular complexity index is 871. The van der Waals surface area contributed by atoms with E-state index < -0.39 is 5.41 Å².